The van der Waals surface area contributed by atoms with Crippen molar-refractivity contribution >= 4 is 0 Å². The van der Waals surface area contributed by atoms with Crippen molar-refractivity contribution in [3.8, 4) is 0 Å². The summed E-state index contributed by atoms with van der Waals surface area (Å²) in [5, 5.41) is 12.5. The maximum Gasteiger partial charge on any atom is 0.122 e. The highest BCUT2D eigenvalue weighted by molar-refractivity contribution is 5.06. The minimum atomic E-state index is 0.252. The number of β-amino-alcohol motifs (C(OH)–C–C–N with tert-alkyl or cyclic N) is 1. The second kappa shape index (κ2) is 8.08. The lowest BCUT2D eigenvalue weighted by Gasteiger charge is -2.40. The van der Waals surface area contributed by atoms with E-state index in [1.165, 1.54) is 0 Å². The van der Waals surface area contributed by atoms with Gasteiger partial charge in [0, 0.05) is 65.4 Å². The van der Waals surface area contributed by atoms with Gasteiger partial charge < -0.3 is 14.8 Å². The Kier molecular flexibility index (Phi) is 5.86. The molecule has 0 spiro atoms. The highest BCUT2D eigenvalue weighted by Crippen LogP contribution is 2.24. The molecule has 0 radical (unpaired) electrons. The molecule has 1 atom stereocenters. The quantitative estimate of drug-likeness (QED) is 0.761. The topological polar surface area (TPSA) is 55.1 Å². The zero-order valence-corrected chi connectivity index (χ0v) is 13.3. The Labute approximate surface area is 132 Å². The number of hydrogen-bond acceptors (Lipinski definition) is 6. The van der Waals surface area contributed by atoms with E-state index in [1.807, 2.05) is 6.07 Å². The first-order chi connectivity index (χ1) is 10.9. The monoisotopic (exact) mass is 308 g/mol. The summed E-state index contributed by atoms with van der Waals surface area (Å²) in [7, 11) is 0. The zero-order valence-electron chi connectivity index (χ0n) is 13.3. The minimum absolute atomic E-state index is 0.252. The molecule has 2 aliphatic rings. The van der Waals surface area contributed by atoms with Crippen LogP contribution in [-0.2, 0) is 0 Å². The Morgan fingerprint density at radius 3 is 2.50 bits per heavy atom. The van der Waals surface area contributed by atoms with Gasteiger partial charge in [-0.1, -0.05) is 0 Å². The van der Waals surface area contributed by atoms with E-state index >= 15 is 0 Å². The highest BCUT2D eigenvalue weighted by Gasteiger charge is 2.28. The highest BCUT2D eigenvalue weighted by atomic mass is 16.3. The molecule has 3 heterocycles. The first kappa shape index (κ1) is 16.0. The van der Waals surface area contributed by atoms with E-state index in [4.69, 9.17) is 9.52 Å². The lowest BCUT2D eigenvalue weighted by molar-refractivity contribution is 0.0555. The molecule has 2 aliphatic heterocycles. The molecule has 6 heteroatoms. The summed E-state index contributed by atoms with van der Waals surface area (Å²) < 4.78 is 5.73. The third-order valence-electron chi connectivity index (χ3n) is 4.78. The molecule has 0 aromatic carbocycles. The predicted molar refractivity (Wildman–Crippen MR) is 85.9 cm³/mol. The maximum absolute atomic E-state index is 9.08. The van der Waals surface area contributed by atoms with Crippen molar-refractivity contribution in [3.05, 3.63) is 24.2 Å². The van der Waals surface area contributed by atoms with Crippen LogP contribution in [0.1, 0.15) is 11.8 Å². The van der Waals surface area contributed by atoms with E-state index in [2.05, 4.69) is 26.1 Å². The second-order valence-electron chi connectivity index (χ2n) is 6.18. The number of piperazine rings is 2. The molecule has 2 N–H and O–H groups in total. The van der Waals surface area contributed by atoms with Crippen molar-refractivity contribution in [1.29, 1.82) is 0 Å². The van der Waals surface area contributed by atoms with Crippen molar-refractivity contribution in [1.82, 2.24) is 20.0 Å². The van der Waals surface area contributed by atoms with Gasteiger partial charge in [-0.15, -0.1) is 0 Å². The third kappa shape index (κ3) is 4.08. The number of rotatable bonds is 6. The maximum atomic E-state index is 9.08. The first-order valence-electron chi connectivity index (χ1n) is 8.40. The predicted octanol–water partition coefficient (Wildman–Crippen LogP) is -0.164. The van der Waals surface area contributed by atoms with Gasteiger partial charge in [-0.3, -0.25) is 14.7 Å². The first-order valence-corrected chi connectivity index (χ1v) is 8.40. The van der Waals surface area contributed by atoms with Gasteiger partial charge in [-0.25, -0.2) is 0 Å². The van der Waals surface area contributed by atoms with Crippen molar-refractivity contribution in [2.75, 3.05) is 72.1 Å². The molecule has 1 unspecified atom stereocenters. The molecular weight excluding hydrogens is 280 g/mol. The molecule has 3 rings (SSSR count). The second-order valence-corrected chi connectivity index (χ2v) is 6.18. The number of aliphatic hydroxyl groups is 1. The van der Waals surface area contributed by atoms with Gasteiger partial charge in [-0.05, 0) is 12.1 Å². The van der Waals surface area contributed by atoms with E-state index in [0.717, 1.165) is 71.2 Å². The molecule has 1 aromatic heterocycles. The summed E-state index contributed by atoms with van der Waals surface area (Å²) >= 11 is 0. The van der Waals surface area contributed by atoms with Gasteiger partial charge in [0.1, 0.15) is 5.76 Å². The minimum Gasteiger partial charge on any atom is -0.468 e. The zero-order chi connectivity index (χ0) is 15.2. The van der Waals surface area contributed by atoms with Crippen LogP contribution in [0.2, 0.25) is 0 Å². The number of hydrogen-bond donors (Lipinski definition) is 2. The van der Waals surface area contributed by atoms with E-state index in [-0.39, 0.29) is 6.61 Å². The molecule has 6 nitrogen and oxygen atoms in total. The van der Waals surface area contributed by atoms with Crippen LogP contribution in [0, 0.1) is 0 Å². The lowest BCUT2D eigenvalue weighted by Crippen LogP contribution is -2.52. The molecule has 1 aromatic rings. The Hall–Kier alpha value is -0.920. The smallest absolute Gasteiger partial charge is 0.122 e. The van der Waals surface area contributed by atoms with Crippen LogP contribution in [0.15, 0.2) is 22.8 Å². The third-order valence-corrected chi connectivity index (χ3v) is 4.78. The Morgan fingerprint density at radius 1 is 1.09 bits per heavy atom. The average Bonchev–Trinajstić information content (AvgIpc) is 3.09. The molecule has 2 saturated heterocycles. The normalized spacial score (nSPS) is 23.7. The van der Waals surface area contributed by atoms with Gasteiger partial charge in [0.05, 0.1) is 18.9 Å². The summed E-state index contributed by atoms with van der Waals surface area (Å²) in [6.45, 7) is 10.6. The van der Waals surface area contributed by atoms with Gasteiger partial charge >= 0.3 is 0 Å². The van der Waals surface area contributed by atoms with Crippen LogP contribution >= 0.6 is 0 Å². The fraction of sp³-hybridized carbons (Fsp3) is 0.750. The molecule has 2 fully saturated rings. The van der Waals surface area contributed by atoms with Crippen molar-refractivity contribution in [2.24, 2.45) is 0 Å². The van der Waals surface area contributed by atoms with Gasteiger partial charge in [-0.2, -0.15) is 0 Å². The standard InChI is InChI=1S/C16H28N4O2/c21-12-11-18-7-9-20(10-8-18)15(16-2-1-13-22-16)14-19-5-3-17-4-6-19/h1-2,13,15,17,21H,3-12,14H2. The van der Waals surface area contributed by atoms with Gasteiger partial charge in [0.15, 0.2) is 0 Å². The van der Waals surface area contributed by atoms with Crippen LogP contribution in [-0.4, -0.2) is 91.9 Å². The lowest BCUT2D eigenvalue weighted by atomic mass is 10.1. The summed E-state index contributed by atoms with van der Waals surface area (Å²) in [6.07, 6.45) is 1.78. The summed E-state index contributed by atoms with van der Waals surface area (Å²) in [5.41, 5.74) is 0. The van der Waals surface area contributed by atoms with Gasteiger partial charge in [0.25, 0.3) is 0 Å². The molecule has 0 bridgehead atoms. The average molecular weight is 308 g/mol. The Balaban J connectivity index is 1.61. The largest absolute Gasteiger partial charge is 0.468 e. The van der Waals surface area contributed by atoms with Crippen LogP contribution in [0.4, 0.5) is 0 Å². The molecule has 22 heavy (non-hydrogen) atoms. The molecule has 124 valence electrons. The van der Waals surface area contributed by atoms with Crippen LogP contribution in [0.25, 0.3) is 0 Å². The Bertz CT molecular complexity index is 412. The van der Waals surface area contributed by atoms with Crippen LogP contribution in [0.5, 0.6) is 0 Å². The van der Waals surface area contributed by atoms with E-state index in [1.54, 1.807) is 6.26 Å². The molecular formula is C16H28N4O2. The molecule has 0 amide bonds. The van der Waals surface area contributed by atoms with E-state index in [0.29, 0.717) is 6.04 Å². The Morgan fingerprint density at radius 2 is 1.86 bits per heavy atom. The van der Waals surface area contributed by atoms with Crippen molar-refractivity contribution < 1.29 is 9.52 Å². The fourth-order valence-corrected chi connectivity index (χ4v) is 3.44. The molecule has 0 aliphatic carbocycles. The number of furan rings is 1. The van der Waals surface area contributed by atoms with Crippen LogP contribution < -0.4 is 5.32 Å². The fourth-order valence-electron chi connectivity index (χ4n) is 3.44. The molecule has 0 saturated carbocycles. The van der Waals surface area contributed by atoms with Crippen molar-refractivity contribution in [2.45, 2.75) is 6.04 Å². The van der Waals surface area contributed by atoms with E-state index < -0.39 is 0 Å². The SMILES string of the molecule is OCCN1CCN(C(CN2CCNCC2)c2ccco2)CC1. The van der Waals surface area contributed by atoms with Crippen LogP contribution in [0.3, 0.4) is 0 Å². The van der Waals surface area contributed by atoms with Crippen molar-refractivity contribution in [3.63, 3.8) is 0 Å². The van der Waals surface area contributed by atoms with Gasteiger partial charge in [0.2, 0.25) is 0 Å². The number of nitrogens with one attached hydrogen (secondary N) is 1. The van der Waals surface area contributed by atoms with E-state index in [9.17, 15) is 0 Å². The summed E-state index contributed by atoms with van der Waals surface area (Å²) in [6, 6.07) is 4.43. The summed E-state index contributed by atoms with van der Waals surface area (Å²) in [5.74, 6) is 1.08. The number of nitrogens with zero attached hydrogens (tertiary/aromatic N) is 3. The number of aliphatic hydroxyl groups excluding tert-OH is 1. The summed E-state index contributed by atoms with van der Waals surface area (Å²) in [4.78, 5) is 7.40.